The molecule has 0 aliphatic carbocycles. The molecule has 2 aromatic rings. The highest BCUT2D eigenvalue weighted by atomic mass is 28.4. The summed E-state index contributed by atoms with van der Waals surface area (Å²) in [6.07, 6.45) is 19.2. The molecule has 52 heavy (non-hydrogen) atoms. The van der Waals surface area contributed by atoms with E-state index in [0.717, 1.165) is 12.8 Å². The van der Waals surface area contributed by atoms with Crippen molar-refractivity contribution in [2.75, 3.05) is 6.61 Å². The van der Waals surface area contributed by atoms with E-state index in [0.29, 0.717) is 0 Å². The van der Waals surface area contributed by atoms with E-state index in [9.17, 15) is 4.79 Å². The van der Waals surface area contributed by atoms with Crippen molar-refractivity contribution in [1.82, 2.24) is 5.32 Å². The molecule has 0 unspecified atom stereocenters. The molecular weight excluding hydrogens is 675 g/mol. The number of hydrogen-bond donors (Lipinski definition) is 1. The van der Waals surface area contributed by atoms with Crippen LogP contribution in [-0.2, 0) is 13.6 Å². The lowest BCUT2D eigenvalue weighted by atomic mass is 10.0. The first-order valence-electron chi connectivity index (χ1n) is 20.4. The Morgan fingerprint density at radius 3 is 1.58 bits per heavy atom. The van der Waals surface area contributed by atoms with Gasteiger partial charge in [0.05, 0.1) is 18.8 Å². The fraction of sp³-hybridized carbons (Fsp3) is 0.667. The third kappa shape index (κ3) is 15.3. The lowest BCUT2D eigenvalue weighted by Crippen LogP contribution is -2.68. The molecule has 0 heterocycles. The van der Waals surface area contributed by atoms with Gasteiger partial charge < -0.3 is 18.9 Å². The largest absolute Gasteiger partial charge is 0.444 e. The number of unbranched alkanes of at least 4 members (excludes halogenated alkanes) is 11. The van der Waals surface area contributed by atoms with Crippen LogP contribution in [0.2, 0.25) is 23.2 Å². The van der Waals surface area contributed by atoms with E-state index >= 15 is 0 Å². The Kier molecular flexibility index (Phi) is 19.1. The zero-order valence-electron chi connectivity index (χ0n) is 35.4. The zero-order chi connectivity index (χ0) is 38.9. The predicted octanol–water partition coefficient (Wildman–Crippen LogP) is 12.1. The molecule has 1 amide bonds. The monoisotopic (exact) mass is 752 g/mol. The van der Waals surface area contributed by atoms with E-state index in [4.69, 9.17) is 13.6 Å². The lowest BCUT2D eigenvalue weighted by molar-refractivity contribution is 0.0422. The first-order valence-corrected chi connectivity index (χ1v) is 25.2. The van der Waals surface area contributed by atoms with Gasteiger partial charge in [0.25, 0.3) is 8.32 Å². The molecule has 0 spiro atoms. The van der Waals surface area contributed by atoms with Gasteiger partial charge in [0.2, 0.25) is 0 Å². The van der Waals surface area contributed by atoms with Crippen LogP contribution >= 0.6 is 0 Å². The van der Waals surface area contributed by atoms with Gasteiger partial charge in [-0.15, -0.1) is 0 Å². The van der Waals surface area contributed by atoms with Gasteiger partial charge in [-0.05, 0) is 67.2 Å². The molecule has 0 aromatic heterocycles. The molecule has 0 radical (unpaired) electrons. The Morgan fingerprint density at radius 2 is 1.15 bits per heavy atom. The second-order valence-electron chi connectivity index (χ2n) is 18.3. The van der Waals surface area contributed by atoms with E-state index < -0.39 is 34.4 Å². The highest BCUT2D eigenvalue weighted by Gasteiger charge is 2.51. The van der Waals surface area contributed by atoms with Crippen LogP contribution in [0.15, 0.2) is 72.8 Å². The summed E-state index contributed by atoms with van der Waals surface area (Å²) in [5, 5.41) is 5.46. The van der Waals surface area contributed by atoms with Crippen molar-refractivity contribution in [1.29, 1.82) is 0 Å². The number of nitrogens with one attached hydrogen (secondary N) is 1. The van der Waals surface area contributed by atoms with E-state index in [1.165, 1.54) is 74.6 Å². The standard InChI is InChI=1S/C45H77NO4Si2/c1-13-14-15-16-17-18-19-20-21-22-23-24-31-36-41(50-51(11,12)44(5,6)7)40(46-42(47)49-43(2,3)4)37-48-52(45(8,9)10,38-32-27-25-28-33-38)39-34-29-26-30-35-39/h25-36,40-41H,13-24,37H2,1-12H3,(H,46,47)/b36-31+/t40-,41+/m0/s1. The molecule has 2 aromatic carbocycles. The van der Waals surface area contributed by atoms with Crippen LogP contribution in [0.25, 0.3) is 0 Å². The number of carbonyl (C=O) groups is 1. The van der Waals surface area contributed by atoms with Crippen molar-refractivity contribution >= 4 is 33.1 Å². The molecule has 7 heteroatoms. The third-order valence-corrected chi connectivity index (χ3v) is 20.0. The maximum absolute atomic E-state index is 13.5. The fourth-order valence-corrected chi connectivity index (χ4v) is 12.4. The summed E-state index contributed by atoms with van der Waals surface area (Å²) in [4.78, 5) is 13.5. The summed E-state index contributed by atoms with van der Waals surface area (Å²) in [7, 11) is -5.14. The summed E-state index contributed by atoms with van der Waals surface area (Å²) in [6, 6.07) is 20.9. The number of benzene rings is 2. The van der Waals surface area contributed by atoms with Crippen LogP contribution in [0.1, 0.15) is 146 Å². The van der Waals surface area contributed by atoms with Crippen LogP contribution in [0, 0.1) is 0 Å². The highest BCUT2D eigenvalue weighted by molar-refractivity contribution is 6.99. The minimum atomic E-state index is -2.88. The second-order valence-corrected chi connectivity index (χ2v) is 27.4. The number of amides is 1. The van der Waals surface area contributed by atoms with Gasteiger partial charge in [-0.25, -0.2) is 4.79 Å². The van der Waals surface area contributed by atoms with Crippen molar-refractivity contribution in [3.63, 3.8) is 0 Å². The highest BCUT2D eigenvalue weighted by Crippen LogP contribution is 2.39. The molecule has 2 atom stereocenters. The molecule has 294 valence electrons. The Labute approximate surface area is 322 Å². The minimum absolute atomic E-state index is 0.00951. The van der Waals surface area contributed by atoms with Crippen LogP contribution in [0.3, 0.4) is 0 Å². The molecule has 5 nitrogen and oxygen atoms in total. The molecule has 1 N–H and O–H groups in total. The van der Waals surface area contributed by atoms with E-state index in [1.807, 2.05) is 20.8 Å². The second kappa shape index (κ2) is 21.6. The maximum Gasteiger partial charge on any atom is 0.408 e. The van der Waals surface area contributed by atoms with E-state index in [1.54, 1.807) is 0 Å². The summed E-state index contributed by atoms with van der Waals surface area (Å²) in [5.41, 5.74) is -0.631. The molecule has 0 fully saturated rings. The van der Waals surface area contributed by atoms with Crippen molar-refractivity contribution < 1.29 is 18.4 Å². The number of carbonyl (C=O) groups excluding carboxylic acids is 1. The van der Waals surface area contributed by atoms with Gasteiger partial charge >= 0.3 is 6.09 Å². The van der Waals surface area contributed by atoms with Crippen LogP contribution in [0.4, 0.5) is 4.79 Å². The topological polar surface area (TPSA) is 56.8 Å². The van der Waals surface area contributed by atoms with Crippen molar-refractivity contribution in [2.24, 2.45) is 0 Å². The van der Waals surface area contributed by atoms with Gasteiger partial charge in [-0.2, -0.15) is 0 Å². The summed E-state index contributed by atoms with van der Waals surface area (Å²) < 4.78 is 20.5. The molecule has 2 rings (SSSR count). The summed E-state index contributed by atoms with van der Waals surface area (Å²) in [6.45, 7) is 26.5. The summed E-state index contributed by atoms with van der Waals surface area (Å²) in [5.74, 6) is 0. The SMILES string of the molecule is CCCCCCCCCCCCC/C=C/[C@@H](O[Si](C)(C)C(C)(C)C)[C@H](CO[Si](c1ccccc1)(c1ccccc1)C(C)(C)C)NC(=O)OC(C)(C)C. The Balaban J connectivity index is 2.39. The fourth-order valence-electron chi connectivity index (χ4n) is 6.58. The summed E-state index contributed by atoms with van der Waals surface area (Å²) >= 11 is 0. The molecular formula is C45H77NO4Si2. The number of ether oxygens (including phenoxy) is 1. The van der Waals surface area contributed by atoms with Crippen molar-refractivity contribution in [2.45, 2.75) is 187 Å². The first-order chi connectivity index (χ1) is 24.3. The molecule has 0 saturated carbocycles. The number of rotatable bonds is 22. The quantitative estimate of drug-likeness (QED) is 0.0739. The van der Waals surface area contributed by atoms with Crippen molar-refractivity contribution in [3.8, 4) is 0 Å². The first kappa shape index (κ1) is 46.0. The van der Waals surface area contributed by atoms with Gasteiger partial charge in [0.15, 0.2) is 8.32 Å². The van der Waals surface area contributed by atoms with Gasteiger partial charge in [0.1, 0.15) is 5.60 Å². The third-order valence-electron chi connectivity index (χ3n) is 10.5. The molecule has 0 bridgehead atoms. The minimum Gasteiger partial charge on any atom is -0.444 e. The normalized spacial score (nSPS) is 14.4. The number of hydrogen-bond acceptors (Lipinski definition) is 4. The smallest absolute Gasteiger partial charge is 0.408 e. The lowest BCUT2D eigenvalue weighted by Gasteiger charge is -2.45. The number of alkyl carbamates (subject to hydrolysis) is 1. The van der Waals surface area contributed by atoms with Gasteiger partial charge in [-0.3, -0.25) is 0 Å². The maximum atomic E-state index is 13.5. The van der Waals surface area contributed by atoms with Gasteiger partial charge in [-0.1, -0.05) is 185 Å². The Bertz CT molecular complexity index is 1250. The average Bonchev–Trinajstić information content (AvgIpc) is 3.05. The van der Waals surface area contributed by atoms with E-state index in [-0.39, 0.29) is 22.8 Å². The van der Waals surface area contributed by atoms with Crippen molar-refractivity contribution in [3.05, 3.63) is 72.8 Å². The van der Waals surface area contributed by atoms with Crippen LogP contribution < -0.4 is 15.7 Å². The molecule has 0 aliphatic rings. The number of allylic oxidation sites excluding steroid dienone is 1. The Morgan fingerprint density at radius 1 is 0.692 bits per heavy atom. The molecule has 0 saturated heterocycles. The van der Waals surface area contributed by atoms with Crippen LogP contribution in [-0.4, -0.2) is 47.1 Å². The zero-order valence-corrected chi connectivity index (χ0v) is 37.4. The predicted molar refractivity (Wildman–Crippen MR) is 229 cm³/mol. The van der Waals surface area contributed by atoms with Gasteiger partial charge in [0, 0.05) is 0 Å². The average molecular weight is 752 g/mol. The molecule has 0 aliphatic heterocycles. The van der Waals surface area contributed by atoms with Crippen LogP contribution in [0.5, 0.6) is 0 Å². The Hall–Kier alpha value is -2.20. The van der Waals surface area contributed by atoms with E-state index in [2.05, 4.69) is 140 Å².